The third-order valence-corrected chi connectivity index (χ3v) is 8.52. The van der Waals surface area contributed by atoms with Crippen molar-refractivity contribution in [3.63, 3.8) is 0 Å². The maximum absolute atomic E-state index is 12.7. The molecule has 1 aliphatic heterocycles. The minimum absolute atomic E-state index is 0.142. The van der Waals surface area contributed by atoms with Crippen molar-refractivity contribution < 1.29 is 9.53 Å². The molecule has 9 nitrogen and oxygen atoms in total. The second-order valence-corrected chi connectivity index (χ2v) is 12.8. The quantitative estimate of drug-likeness (QED) is 0.221. The van der Waals surface area contributed by atoms with Crippen LogP contribution in [-0.2, 0) is 4.74 Å². The Balaban J connectivity index is 1.06. The van der Waals surface area contributed by atoms with E-state index in [0.29, 0.717) is 18.2 Å². The van der Waals surface area contributed by atoms with E-state index in [9.17, 15) is 4.79 Å². The van der Waals surface area contributed by atoms with Gasteiger partial charge in [-0.3, -0.25) is 4.90 Å². The molecule has 7 rings (SSSR count). The first-order valence-corrected chi connectivity index (χ1v) is 15.3. The average Bonchev–Trinajstić information content (AvgIpc) is 3.82. The fraction of sp³-hybridized carbons (Fsp3) is 0.382. The van der Waals surface area contributed by atoms with Crippen molar-refractivity contribution >= 4 is 16.9 Å². The van der Waals surface area contributed by atoms with E-state index in [1.165, 1.54) is 31.1 Å². The van der Waals surface area contributed by atoms with Gasteiger partial charge in [0.1, 0.15) is 22.9 Å². The SMILES string of the molecule is CC(C)(C)OC(=O)N1CCCC1c1ncc(-c2ccc(-c3ccc4cc(-c5cnc(C6CCCC6)[nH]5)ccc4c3)nn2)[nH]1. The minimum Gasteiger partial charge on any atom is -0.444 e. The van der Waals surface area contributed by atoms with Crippen LogP contribution in [0.1, 0.15) is 82.9 Å². The summed E-state index contributed by atoms with van der Waals surface area (Å²) in [6, 6.07) is 16.7. The molecule has 4 heterocycles. The van der Waals surface area contributed by atoms with Crippen LogP contribution in [-0.4, -0.2) is 53.3 Å². The standard InChI is InChI=1S/C34H37N7O2/c1-34(2,3)43-33(42)41-16-6-9-30(41)32-36-20-29(38-32)27-15-14-26(39-40-27)24-12-10-23-18-25(13-11-22(23)17-24)28-19-35-31(37-28)21-7-4-5-8-21/h10-15,17-21,30H,4-9,16H2,1-3H3,(H,35,37)(H,36,38). The van der Waals surface area contributed by atoms with Crippen molar-refractivity contribution in [2.24, 2.45) is 0 Å². The number of rotatable bonds is 5. The Bertz CT molecular complexity index is 1760. The molecule has 2 aromatic carbocycles. The van der Waals surface area contributed by atoms with Crippen LogP contribution in [0.25, 0.3) is 44.7 Å². The molecule has 0 spiro atoms. The molecule has 43 heavy (non-hydrogen) atoms. The molecule has 5 aromatic rings. The molecule has 9 heteroatoms. The topological polar surface area (TPSA) is 113 Å². The summed E-state index contributed by atoms with van der Waals surface area (Å²) in [5.74, 6) is 2.43. The molecule has 1 atom stereocenters. The lowest BCUT2D eigenvalue weighted by atomic mass is 10.0. The monoisotopic (exact) mass is 575 g/mol. The predicted octanol–water partition coefficient (Wildman–Crippen LogP) is 7.81. The number of aromatic nitrogens is 6. The van der Waals surface area contributed by atoms with Crippen LogP contribution in [0, 0.1) is 0 Å². The second kappa shape index (κ2) is 10.9. The predicted molar refractivity (Wildman–Crippen MR) is 166 cm³/mol. The fourth-order valence-corrected chi connectivity index (χ4v) is 6.32. The van der Waals surface area contributed by atoms with Gasteiger partial charge in [-0.2, -0.15) is 0 Å². The van der Waals surface area contributed by atoms with Crippen LogP contribution < -0.4 is 0 Å². The Labute approximate surface area is 251 Å². The normalized spacial score (nSPS) is 17.7. The Hall–Kier alpha value is -4.53. The Morgan fingerprint density at radius 1 is 0.791 bits per heavy atom. The summed E-state index contributed by atoms with van der Waals surface area (Å²) >= 11 is 0. The minimum atomic E-state index is -0.539. The smallest absolute Gasteiger partial charge is 0.410 e. The van der Waals surface area contributed by atoms with E-state index < -0.39 is 5.60 Å². The zero-order chi connectivity index (χ0) is 29.6. The van der Waals surface area contributed by atoms with E-state index in [1.54, 1.807) is 11.1 Å². The maximum atomic E-state index is 12.7. The Morgan fingerprint density at radius 3 is 2.19 bits per heavy atom. The highest BCUT2D eigenvalue weighted by atomic mass is 16.6. The molecule has 2 fully saturated rings. The van der Waals surface area contributed by atoms with Gasteiger partial charge in [0, 0.05) is 23.6 Å². The summed E-state index contributed by atoms with van der Waals surface area (Å²) < 4.78 is 5.61. The molecule has 0 radical (unpaired) electrons. The molecule has 1 saturated carbocycles. The maximum Gasteiger partial charge on any atom is 0.410 e. The summed E-state index contributed by atoms with van der Waals surface area (Å²) in [6.07, 6.45) is 10.2. The highest BCUT2D eigenvalue weighted by Gasteiger charge is 2.35. The number of fused-ring (bicyclic) bond motifs is 1. The molecule has 2 aliphatic rings. The lowest BCUT2D eigenvalue weighted by Crippen LogP contribution is -2.36. The molecule has 3 aromatic heterocycles. The first-order chi connectivity index (χ1) is 20.8. The van der Waals surface area contributed by atoms with E-state index in [4.69, 9.17) is 4.74 Å². The van der Waals surface area contributed by atoms with Gasteiger partial charge in [-0.05, 0) is 81.5 Å². The van der Waals surface area contributed by atoms with Gasteiger partial charge in [0.25, 0.3) is 0 Å². The largest absolute Gasteiger partial charge is 0.444 e. The summed E-state index contributed by atoms with van der Waals surface area (Å²) in [7, 11) is 0. The van der Waals surface area contributed by atoms with Gasteiger partial charge in [0.05, 0.1) is 35.5 Å². The second-order valence-electron chi connectivity index (χ2n) is 12.8. The molecule has 1 unspecified atom stereocenters. The van der Waals surface area contributed by atoms with Crippen molar-refractivity contribution in [1.82, 2.24) is 35.0 Å². The number of carbonyl (C=O) groups excluding carboxylic acids is 1. The number of H-pyrrole nitrogens is 2. The van der Waals surface area contributed by atoms with Gasteiger partial charge in [0.15, 0.2) is 0 Å². The molecule has 1 aliphatic carbocycles. The number of benzene rings is 2. The summed E-state index contributed by atoms with van der Waals surface area (Å²) in [4.78, 5) is 30.7. The number of hydrogen-bond donors (Lipinski definition) is 2. The highest BCUT2D eigenvalue weighted by molar-refractivity contribution is 5.90. The van der Waals surface area contributed by atoms with Crippen LogP contribution in [0.4, 0.5) is 4.79 Å². The van der Waals surface area contributed by atoms with E-state index >= 15 is 0 Å². The zero-order valence-electron chi connectivity index (χ0n) is 24.9. The van der Waals surface area contributed by atoms with Crippen molar-refractivity contribution in [1.29, 1.82) is 0 Å². The summed E-state index contributed by atoms with van der Waals surface area (Å²) in [5.41, 5.74) is 4.96. The first kappa shape index (κ1) is 27.3. The number of imidazole rings is 2. The van der Waals surface area contributed by atoms with Gasteiger partial charge in [-0.15, -0.1) is 10.2 Å². The number of amides is 1. The van der Waals surface area contributed by atoms with Crippen LogP contribution in [0.5, 0.6) is 0 Å². The third kappa shape index (κ3) is 5.63. The number of hydrogen-bond acceptors (Lipinski definition) is 6. The van der Waals surface area contributed by atoms with Gasteiger partial charge >= 0.3 is 6.09 Å². The van der Waals surface area contributed by atoms with Gasteiger partial charge in [-0.1, -0.05) is 37.1 Å². The molecule has 1 saturated heterocycles. The van der Waals surface area contributed by atoms with Crippen molar-refractivity contribution in [2.75, 3.05) is 6.54 Å². The molecule has 220 valence electrons. The van der Waals surface area contributed by atoms with E-state index in [-0.39, 0.29) is 12.1 Å². The van der Waals surface area contributed by atoms with Crippen LogP contribution in [0.3, 0.4) is 0 Å². The number of nitrogens with one attached hydrogen (secondary N) is 2. The first-order valence-electron chi connectivity index (χ1n) is 15.3. The summed E-state index contributed by atoms with van der Waals surface area (Å²) in [6.45, 7) is 6.29. The van der Waals surface area contributed by atoms with E-state index in [1.807, 2.05) is 39.1 Å². The number of nitrogens with zero attached hydrogens (tertiary/aromatic N) is 5. The number of likely N-dealkylation sites (tertiary alicyclic amines) is 1. The third-order valence-electron chi connectivity index (χ3n) is 8.52. The number of ether oxygens (including phenoxy) is 1. The zero-order valence-corrected chi connectivity index (χ0v) is 24.9. The average molecular weight is 576 g/mol. The summed E-state index contributed by atoms with van der Waals surface area (Å²) in [5, 5.41) is 11.3. The van der Waals surface area contributed by atoms with Gasteiger partial charge in [0.2, 0.25) is 0 Å². The van der Waals surface area contributed by atoms with Crippen LogP contribution >= 0.6 is 0 Å². The fourth-order valence-electron chi connectivity index (χ4n) is 6.32. The molecular weight excluding hydrogens is 538 g/mol. The van der Waals surface area contributed by atoms with Crippen molar-refractivity contribution in [3.05, 3.63) is 72.6 Å². The number of aromatic amines is 2. The number of carbonyl (C=O) groups is 1. The van der Waals surface area contributed by atoms with Crippen molar-refractivity contribution in [2.45, 2.75) is 76.9 Å². The molecule has 2 N–H and O–H groups in total. The molecule has 1 amide bonds. The van der Waals surface area contributed by atoms with E-state index in [0.717, 1.165) is 58.1 Å². The van der Waals surface area contributed by atoms with Gasteiger partial charge in [-0.25, -0.2) is 14.8 Å². The van der Waals surface area contributed by atoms with Crippen molar-refractivity contribution in [3.8, 4) is 33.9 Å². The highest BCUT2D eigenvalue weighted by Crippen LogP contribution is 2.35. The Morgan fingerprint density at radius 2 is 1.44 bits per heavy atom. The molecular formula is C34H37N7O2. The van der Waals surface area contributed by atoms with Crippen LogP contribution in [0.15, 0.2) is 60.9 Å². The molecule has 0 bridgehead atoms. The lowest BCUT2D eigenvalue weighted by molar-refractivity contribution is 0.0218. The Kier molecular flexibility index (Phi) is 6.95. The van der Waals surface area contributed by atoms with Crippen LogP contribution in [0.2, 0.25) is 0 Å². The van der Waals surface area contributed by atoms with E-state index in [2.05, 4.69) is 66.5 Å². The van der Waals surface area contributed by atoms with Gasteiger partial charge < -0.3 is 14.7 Å². The lowest BCUT2D eigenvalue weighted by Gasteiger charge is -2.27.